The number of anilines is 4. The maximum atomic E-state index is 5.99. The number of hydrogen-bond donors (Lipinski definition) is 2. The molecule has 0 saturated carbocycles. The molecule has 0 fully saturated rings. The molecule has 0 aliphatic rings. The highest BCUT2D eigenvalue weighted by molar-refractivity contribution is 6.30. The first-order chi connectivity index (χ1) is 12.6. The monoisotopic (exact) mass is 371 g/mol. The zero-order valence-corrected chi connectivity index (χ0v) is 15.3. The minimum Gasteiger partial charge on any atom is -0.497 e. The molecule has 7 nitrogen and oxygen atoms in total. The Kier molecular flexibility index (Phi) is 5.38. The Labute approximate surface area is 156 Å². The second-order valence-corrected chi connectivity index (χ2v) is 5.88. The van der Waals surface area contributed by atoms with Crippen LogP contribution in [0.2, 0.25) is 5.02 Å². The van der Waals surface area contributed by atoms with Crippen molar-refractivity contribution in [2.45, 2.75) is 6.92 Å². The van der Waals surface area contributed by atoms with Crippen molar-refractivity contribution in [3.05, 3.63) is 53.2 Å². The molecule has 0 aliphatic carbocycles. The van der Waals surface area contributed by atoms with Crippen molar-refractivity contribution < 1.29 is 9.47 Å². The summed E-state index contributed by atoms with van der Waals surface area (Å²) >= 11 is 5.99. The van der Waals surface area contributed by atoms with E-state index in [1.807, 2.05) is 37.3 Å². The fourth-order valence-corrected chi connectivity index (χ4v) is 2.57. The van der Waals surface area contributed by atoms with Crippen LogP contribution in [0.15, 0.2) is 42.6 Å². The fourth-order valence-electron chi connectivity index (χ4n) is 2.34. The summed E-state index contributed by atoms with van der Waals surface area (Å²) in [5.74, 6) is 2.20. The molecule has 0 saturated heterocycles. The van der Waals surface area contributed by atoms with Gasteiger partial charge in [0.2, 0.25) is 5.95 Å². The number of nitrogens with zero attached hydrogens (tertiary/aromatic N) is 3. The average Bonchev–Trinajstić information content (AvgIpc) is 2.65. The number of halogens is 1. The van der Waals surface area contributed by atoms with E-state index < -0.39 is 0 Å². The molecule has 0 spiro atoms. The van der Waals surface area contributed by atoms with Gasteiger partial charge in [-0.2, -0.15) is 10.1 Å². The van der Waals surface area contributed by atoms with E-state index in [0.717, 1.165) is 11.3 Å². The van der Waals surface area contributed by atoms with Crippen LogP contribution in [0.25, 0.3) is 0 Å². The Balaban J connectivity index is 1.81. The number of rotatable bonds is 6. The molecule has 26 heavy (non-hydrogen) atoms. The van der Waals surface area contributed by atoms with Crippen LogP contribution in [0.1, 0.15) is 5.56 Å². The molecule has 0 aliphatic heterocycles. The van der Waals surface area contributed by atoms with Gasteiger partial charge in [-0.05, 0) is 42.8 Å². The van der Waals surface area contributed by atoms with E-state index in [1.54, 1.807) is 26.5 Å². The van der Waals surface area contributed by atoms with Gasteiger partial charge < -0.3 is 20.1 Å². The van der Waals surface area contributed by atoms with Gasteiger partial charge in [-0.15, -0.1) is 5.10 Å². The van der Waals surface area contributed by atoms with Gasteiger partial charge in [-0.1, -0.05) is 11.6 Å². The maximum absolute atomic E-state index is 5.99. The van der Waals surface area contributed by atoms with Crippen LogP contribution in [0.4, 0.5) is 23.1 Å². The summed E-state index contributed by atoms with van der Waals surface area (Å²) in [6, 6.07) is 11.0. The average molecular weight is 372 g/mol. The first kappa shape index (κ1) is 17.8. The van der Waals surface area contributed by atoms with Crippen molar-refractivity contribution in [2.24, 2.45) is 0 Å². The van der Waals surface area contributed by atoms with Crippen molar-refractivity contribution in [1.82, 2.24) is 15.2 Å². The molecular formula is C18H18ClN5O2. The zero-order valence-electron chi connectivity index (χ0n) is 14.6. The maximum Gasteiger partial charge on any atom is 0.249 e. The number of ether oxygens (including phenoxy) is 2. The van der Waals surface area contributed by atoms with E-state index in [0.29, 0.717) is 34.0 Å². The summed E-state index contributed by atoms with van der Waals surface area (Å²) in [4.78, 5) is 4.43. The van der Waals surface area contributed by atoms with Gasteiger partial charge in [0.05, 0.1) is 26.1 Å². The first-order valence-corrected chi connectivity index (χ1v) is 8.19. The van der Waals surface area contributed by atoms with Crippen molar-refractivity contribution in [2.75, 3.05) is 24.9 Å². The van der Waals surface area contributed by atoms with Gasteiger partial charge in [0, 0.05) is 16.8 Å². The lowest BCUT2D eigenvalue weighted by Crippen LogP contribution is -2.04. The smallest absolute Gasteiger partial charge is 0.249 e. The predicted octanol–water partition coefficient (Wildman–Crippen LogP) is 4.34. The minimum absolute atomic E-state index is 0.338. The van der Waals surface area contributed by atoms with E-state index in [4.69, 9.17) is 21.1 Å². The second kappa shape index (κ2) is 7.88. The first-order valence-electron chi connectivity index (χ1n) is 7.81. The Morgan fingerprint density at radius 3 is 2.50 bits per heavy atom. The Hall–Kier alpha value is -3.06. The van der Waals surface area contributed by atoms with Crippen LogP contribution < -0.4 is 20.1 Å². The summed E-state index contributed by atoms with van der Waals surface area (Å²) in [5.41, 5.74) is 2.60. The Bertz CT molecular complexity index is 920. The third-order valence-electron chi connectivity index (χ3n) is 3.67. The molecule has 8 heteroatoms. The van der Waals surface area contributed by atoms with Gasteiger partial charge in [0.15, 0.2) is 5.82 Å². The molecule has 0 amide bonds. The van der Waals surface area contributed by atoms with E-state index in [2.05, 4.69) is 25.8 Å². The molecule has 0 unspecified atom stereocenters. The number of nitrogens with one attached hydrogen (secondary N) is 2. The topological polar surface area (TPSA) is 81.2 Å². The van der Waals surface area contributed by atoms with Gasteiger partial charge in [0.1, 0.15) is 11.5 Å². The molecule has 1 aromatic heterocycles. The van der Waals surface area contributed by atoms with Crippen LogP contribution in [0.3, 0.4) is 0 Å². The summed E-state index contributed by atoms with van der Waals surface area (Å²) in [6.07, 6.45) is 1.55. The summed E-state index contributed by atoms with van der Waals surface area (Å²) < 4.78 is 10.6. The lowest BCUT2D eigenvalue weighted by Gasteiger charge is -2.12. The Morgan fingerprint density at radius 2 is 1.77 bits per heavy atom. The number of aryl methyl sites for hydroxylation is 1. The van der Waals surface area contributed by atoms with Crippen LogP contribution in [0.5, 0.6) is 11.5 Å². The molecule has 134 valence electrons. The molecule has 0 bridgehead atoms. The normalized spacial score (nSPS) is 10.3. The highest BCUT2D eigenvalue weighted by Gasteiger charge is 2.09. The predicted molar refractivity (Wildman–Crippen MR) is 102 cm³/mol. The number of aromatic nitrogens is 3. The van der Waals surface area contributed by atoms with E-state index in [1.165, 1.54) is 0 Å². The standard InChI is InChI=1S/C18H18ClN5O2/c1-11-8-12(19)4-6-14(11)21-17-10-20-24-18(23-17)22-15-7-5-13(25-2)9-16(15)26-3/h4-10H,1-3H3,(H2,21,22,23,24). The van der Waals surface area contributed by atoms with Crippen LogP contribution in [-0.2, 0) is 0 Å². The van der Waals surface area contributed by atoms with Crippen LogP contribution >= 0.6 is 11.6 Å². The zero-order chi connectivity index (χ0) is 18.5. The third kappa shape index (κ3) is 4.12. The number of hydrogen-bond acceptors (Lipinski definition) is 7. The van der Waals surface area contributed by atoms with Crippen LogP contribution in [0, 0.1) is 6.92 Å². The summed E-state index contributed by atoms with van der Waals surface area (Å²) in [7, 11) is 3.18. The molecule has 0 radical (unpaired) electrons. The number of benzene rings is 2. The lowest BCUT2D eigenvalue weighted by atomic mass is 10.2. The molecule has 1 heterocycles. The van der Waals surface area contributed by atoms with Gasteiger partial charge in [-0.25, -0.2) is 0 Å². The largest absolute Gasteiger partial charge is 0.497 e. The number of methoxy groups -OCH3 is 2. The highest BCUT2D eigenvalue weighted by atomic mass is 35.5. The quantitative estimate of drug-likeness (QED) is 0.667. The van der Waals surface area contributed by atoms with Gasteiger partial charge in [0.25, 0.3) is 0 Å². The molecule has 3 rings (SSSR count). The van der Waals surface area contributed by atoms with E-state index >= 15 is 0 Å². The van der Waals surface area contributed by atoms with Crippen molar-refractivity contribution >= 4 is 34.7 Å². The molecular weight excluding hydrogens is 354 g/mol. The third-order valence-corrected chi connectivity index (χ3v) is 3.90. The second-order valence-electron chi connectivity index (χ2n) is 5.44. The van der Waals surface area contributed by atoms with Gasteiger partial charge in [-0.3, -0.25) is 0 Å². The summed E-state index contributed by atoms with van der Waals surface area (Å²) in [5, 5.41) is 15.0. The van der Waals surface area contributed by atoms with E-state index in [9.17, 15) is 0 Å². The minimum atomic E-state index is 0.338. The lowest BCUT2D eigenvalue weighted by molar-refractivity contribution is 0.395. The molecule has 2 aromatic carbocycles. The SMILES string of the molecule is COc1ccc(Nc2nncc(Nc3ccc(Cl)cc3C)n2)c(OC)c1. The summed E-state index contributed by atoms with van der Waals surface area (Å²) in [6.45, 7) is 1.96. The van der Waals surface area contributed by atoms with E-state index in [-0.39, 0.29) is 0 Å². The fraction of sp³-hybridized carbons (Fsp3) is 0.167. The molecule has 2 N–H and O–H groups in total. The van der Waals surface area contributed by atoms with Crippen molar-refractivity contribution in [3.8, 4) is 11.5 Å². The molecule has 3 aromatic rings. The van der Waals surface area contributed by atoms with Gasteiger partial charge >= 0.3 is 0 Å². The van der Waals surface area contributed by atoms with Crippen molar-refractivity contribution in [1.29, 1.82) is 0 Å². The highest BCUT2D eigenvalue weighted by Crippen LogP contribution is 2.31. The van der Waals surface area contributed by atoms with Crippen molar-refractivity contribution in [3.63, 3.8) is 0 Å². The molecule has 0 atom stereocenters. The van der Waals surface area contributed by atoms with Crippen LogP contribution in [-0.4, -0.2) is 29.4 Å². The Morgan fingerprint density at radius 1 is 0.962 bits per heavy atom.